The Labute approximate surface area is 103 Å². The van der Waals surface area contributed by atoms with Gasteiger partial charge in [0.15, 0.2) is 0 Å². The summed E-state index contributed by atoms with van der Waals surface area (Å²) in [6.07, 6.45) is -2.62. The molecule has 0 spiro atoms. The molecule has 0 aliphatic heterocycles. The van der Waals surface area contributed by atoms with Gasteiger partial charge in [-0.05, 0) is 5.56 Å². The first-order chi connectivity index (χ1) is 8.51. The highest BCUT2D eigenvalue weighted by Crippen LogP contribution is 2.13. The topological polar surface area (TPSA) is 43.4 Å². The Balaban J connectivity index is 2.10. The van der Waals surface area contributed by atoms with Gasteiger partial charge < -0.3 is 14.8 Å². The lowest BCUT2D eigenvalue weighted by atomic mass is 10.3. The summed E-state index contributed by atoms with van der Waals surface area (Å²) >= 11 is 0. The van der Waals surface area contributed by atoms with Gasteiger partial charge in [-0.25, -0.2) is 4.98 Å². The third-order valence-corrected chi connectivity index (χ3v) is 2.02. The first-order valence-electron chi connectivity index (χ1n) is 5.35. The Morgan fingerprint density at radius 2 is 2.11 bits per heavy atom. The fraction of sp³-hybridized carbons (Fsp3) is 0.545. The summed E-state index contributed by atoms with van der Waals surface area (Å²) in [6, 6.07) is 3.55. The summed E-state index contributed by atoms with van der Waals surface area (Å²) in [4.78, 5) is 4.00. The van der Waals surface area contributed by atoms with E-state index in [4.69, 9.17) is 4.74 Å². The largest absolute Gasteiger partial charge is 0.481 e. The highest BCUT2D eigenvalue weighted by atomic mass is 19.4. The second-order valence-electron chi connectivity index (χ2n) is 3.55. The van der Waals surface area contributed by atoms with Crippen molar-refractivity contribution >= 4 is 0 Å². The Kier molecular flexibility index (Phi) is 5.87. The first kappa shape index (κ1) is 14.7. The van der Waals surface area contributed by atoms with E-state index in [0.29, 0.717) is 19.0 Å². The molecule has 0 saturated carbocycles. The number of hydrogen-bond acceptors (Lipinski definition) is 4. The molecule has 102 valence electrons. The molecule has 4 nitrogen and oxygen atoms in total. The zero-order chi connectivity index (χ0) is 13.4. The van der Waals surface area contributed by atoms with Gasteiger partial charge >= 0.3 is 6.18 Å². The van der Waals surface area contributed by atoms with Crippen LogP contribution in [0.2, 0.25) is 0 Å². The van der Waals surface area contributed by atoms with Crippen molar-refractivity contribution in [2.75, 3.05) is 26.9 Å². The van der Waals surface area contributed by atoms with Crippen molar-refractivity contribution in [1.29, 1.82) is 0 Å². The number of halogens is 3. The standard InChI is InChI=1S/C11H15F3N2O2/c1-17-10-3-2-9(7-16-10)6-15-4-5-18-8-11(12,13)14/h2-3,7,15H,4-6,8H2,1H3. The minimum absolute atomic E-state index is 0.0170. The van der Waals surface area contributed by atoms with Crippen LogP contribution in [0.4, 0.5) is 13.2 Å². The van der Waals surface area contributed by atoms with Crippen LogP contribution >= 0.6 is 0 Å². The van der Waals surface area contributed by atoms with E-state index in [2.05, 4.69) is 15.0 Å². The molecule has 0 atom stereocenters. The number of methoxy groups -OCH3 is 1. The van der Waals surface area contributed by atoms with Crippen LogP contribution in [0.3, 0.4) is 0 Å². The van der Waals surface area contributed by atoms with Gasteiger partial charge in [-0.15, -0.1) is 0 Å². The number of nitrogens with zero attached hydrogens (tertiary/aromatic N) is 1. The lowest BCUT2D eigenvalue weighted by molar-refractivity contribution is -0.173. The maximum absolute atomic E-state index is 11.7. The lowest BCUT2D eigenvalue weighted by Crippen LogP contribution is -2.23. The molecule has 1 heterocycles. The average Bonchev–Trinajstić information content (AvgIpc) is 2.33. The molecule has 1 rings (SSSR count). The molecule has 1 N–H and O–H groups in total. The number of alkyl halides is 3. The van der Waals surface area contributed by atoms with E-state index in [-0.39, 0.29) is 6.61 Å². The lowest BCUT2D eigenvalue weighted by Gasteiger charge is -2.08. The van der Waals surface area contributed by atoms with Gasteiger partial charge in [-0.1, -0.05) is 6.07 Å². The zero-order valence-corrected chi connectivity index (χ0v) is 9.96. The molecule has 0 fully saturated rings. The molecule has 0 bridgehead atoms. The van der Waals surface area contributed by atoms with Crippen molar-refractivity contribution in [3.63, 3.8) is 0 Å². The fourth-order valence-corrected chi connectivity index (χ4v) is 1.20. The molecule has 0 aliphatic carbocycles. The maximum Gasteiger partial charge on any atom is 0.411 e. The molecule has 0 amide bonds. The van der Waals surface area contributed by atoms with Gasteiger partial charge in [0.2, 0.25) is 5.88 Å². The molecule has 0 unspecified atom stereocenters. The Bertz CT molecular complexity index is 341. The van der Waals surface area contributed by atoms with Crippen molar-refractivity contribution in [3.05, 3.63) is 23.9 Å². The van der Waals surface area contributed by atoms with Crippen molar-refractivity contribution in [2.24, 2.45) is 0 Å². The van der Waals surface area contributed by atoms with Gasteiger partial charge in [0, 0.05) is 25.4 Å². The molecule has 1 aromatic heterocycles. The van der Waals surface area contributed by atoms with Crippen LogP contribution in [-0.4, -0.2) is 38.0 Å². The molecule has 7 heteroatoms. The minimum atomic E-state index is -4.26. The maximum atomic E-state index is 11.7. The smallest absolute Gasteiger partial charge is 0.411 e. The molecule has 0 radical (unpaired) electrons. The van der Waals surface area contributed by atoms with Crippen molar-refractivity contribution in [3.8, 4) is 5.88 Å². The summed E-state index contributed by atoms with van der Waals surface area (Å²) in [5.41, 5.74) is 0.923. The Morgan fingerprint density at radius 1 is 1.33 bits per heavy atom. The number of rotatable bonds is 7. The fourth-order valence-electron chi connectivity index (χ4n) is 1.20. The van der Waals surface area contributed by atoms with Gasteiger partial charge in [0.05, 0.1) is 13.7 Å². The second-order valence-corrected chi connectivity index (χ2v) is 3.55. The van der Waals surface area contributed by atoms with E-state index in [9.17, 15) is 13.2 Å². The van der Waals surface area contributed by atoms with Crippen molar-refractivity contribution in [2.45, 2.75) is 12.7 Å². The third-order valence-electron chi connectivity index (χ3n) is 2.02. The quantitative estimate of drug-likeness (QED) is 0.762. The van der Waals surface area contributed by atoms with Gasteiger partial charge in [-0.2, -0.15) is 13.2 Å². The zero-order valence-electron chi connectivity index (χ0n) is 9.96. The molecule has 0 aliphatic rings. The SMILES string of the molecule is COc1ccc(CNCCOCC(F)(F)F)cn1. The van der Waals surface area contributed by atoms with Gasteiger partial charge in [0.25, 0.3) is 0 Å². The van der Waals surface area contributed by atoms with Crippen LogP contribution < -0.4 is 10.1 Å². The monoisotopic (exact) mass is 264 g/mol. The number of hydrogen-bond donors (Lipinski definition) is 1. The molecule has 0 saturated heterocycles. The summed E-state index contributed by atoms with van der Waals surface area (Å²) in [5, 5.41) is 2.95. The number of nitrogens with one attached hydrogen (secondary N) is 1. The van der Waals surface area contributed by atoms with Crippen molar-refractivity contribution < 1.29 is 22.6 Å². The molecular weight excluding hydrogens is 249 g/mol. The van der Waals surface area contributed by atoms with E-state index >= 15 is 0 Å². The summed E-state index contributed by atoms with van der Waals surface area (Å²) < 4.78 is 44.6. The van der Waals surface area contributed by atoms with E-state index in [1.807, 2.05) is 6.07 Å². The van der Waals surface area contributed by atoms with Crippen LogP contribution in [0.1, 0.15) is 5.56 Å². The third kappa shape index (κ3) is 6.41. The Morgan fingerprint density at radius 3 is 2.67 bits per heavy atom. The van der Waals surface area contributed by atoms with E-state index in [1.54, 1.807) is 12.3 Å². The highest BCUT2D eigenvalue weighted by Gasteiger charge is 2.27. The normalized spacial score (nSPS) is 11.6. The molecule has 0 aromatic carbocycles. The van der Waals surface area contributed by atoms with Crippen LogP contribution in [0.25, 0.3) is 0 Å². The number of ether oxygens (including phenoxy) is 2. The predicted octanol–water partition coefficient (Wildman–Crippen LogP) is 1.76. The molecule has 1 aromatic rings. The molecule has 18 heavy (non-hydrogen) atoms. The number of pyridine rings is 1. The molecular formula is C11H15F3N2O2. The summed E-state index contributed by atoms with van der Waals surface area (Å²) in [5.74, 6) is 0.521. The van der Waals surface area contributed by atoms with E-state index in [1.165, 1.54) is 7.11 Å². The van der Waals surface area contributed by atoms with Crippen molar-refractivity contribution in [1.82, 2.24) is 10.3 Å². The van der Waals surface area contributed by atoms with Crippen LogP contribution in [0.15, 0.2) is 18.3 Å². The van der Waals surface area contributed by atoms with E-state index < -0.39 is 12.8 Å². The minimum Gasteiger partial charge on any atom is -0.481 e. The predicted molar refractivity (Wildman–Crippen MR) is 59.4 cm³/mol. The summed E-state index contributed by atoms with van der Waals surface area (Å²) in [6.45, 7) is -0.323. The van der Waals surface area contributed by atoms with Gasteiger partial charge in [-0.3, -0.25) is 0 Å². The van der Waals surface area contributed by atoms with Crippen LogP contribution in [0.5, 0.6) is 5.88 Å². The summed E-state index contributed by atoms with van der Waals surface area (Å²) in [7, 11) is 1.53. The van der Waals surface area contributed by atoms with Crippen LogP contribution in [-0.2, 0) is 11.3 Å². The first-order valence-corrected chi connectivity index (χ1v) is 5.35. The Hall–Kier alpha value is -1.34. The van der Waals surface area contributed by atoms with E-state index in [0.717, 1.165) is 5.56 Å². The second kappa shape index (κ2) is 7.17. The average molecular weight is 264 g/mol. The highest BCUT2D eigenvalue weighted by molar-refractivity contribution is 5.17. The number of aromatic nitrogens is 1. The van der Waals surface area contributed by atoms with Crippen LogP contribution in [0, 0.1) is 0 Å². The van der Waals surface area contributed by atoms with Gasteiger partial charge in [0.1, 0.15) is 6.61 Å².